The van der Waals surface area contributed by atoms with Crippen LogP contribution in [-0.2, 0) is 22.4 Å². The smallest absolute Gasteiger partial charge is 0.261 e. The topological polar surface area (TPSA) is 36.9 Å². The van der Waals surface area contributed by atoms with E-state index < -0.39 is 8.32 Å². The molecule has 0 atom stereocenters. The Morgan fingerprint density at radius 2 is 1.32 bits per heavy atom. The molecule has 0 N–H and O–H groups in total. The summed E-state index contributed by atoms with van der Waals surface area (Å²) < 4.78 is 25.6. The zero-order chi connectivity index (χ0) is 29.3. The second-order valence-corrected chi connectivity index (χ2v) is 17.8. The standard InChI is InChI=1S/C34H36Br2O4Si/c1-34(2,3)41(29-16-10-6-11-17-29,30-18-12-7-13-19-30)40-24-27-20-28(39-25-37-4)21-32(31(27)22-33(35)36)38-23-26-14-8-5-9-15-26/h5-22H,23-25H2,1-4H3. The molecule has 0 heterocycles. The maximum absolute atomic E-state index is 7.29. The Hall–Kier alpha value is -2.68. The summed E-state index contributed by atoms with van der Waals surface area (Å²) in [5, 5.41) is 2.30. The van der Waals surface area contributed by atoms with Crippen molar-refractivity contribution in [2.45, 2.75) is 39.0 Å². The van der Waals surface area contributed by atoms with Gasteiger partial charge in [-0.3, -0.25) is 0 Å². The molecule has 4 aromatic carbocycles. The van der Waals surface area contributed by atoms with E-state index in [2.05, 4.69) is 113 Å². The van der Waals surface area contributed by atoms with E-state index in [1.54, 1.807) is 7.11 Å². The molecule has 0 aliphatic carbocycles. The molecule has 0 saturated carbocycles. The van der Waals surface area contributed by atoms with Gasteiger partial charge in [-0.15, -0.1) is 0 Å². The van der Waals surface area contributed by atoms with Gasteiger partial charge in [-0.25, -0.2) is 0 Å². The molecular formula is C34H36Br2O4Si. The molecule has 4 aromatic rings. The summed E-state index contributed by atoms with van der Waals surface area (Å²) in [6, 6.07) is 35.3. The van der Waals surface area contributed by atoms with Gasteiger partial charge in [0.1, 0.15) is 18.1 Å². The van der Waals surface area contributed by atoms with Crippen molar-refractivity contribution in [2.75, 3.05) is 13.9 Å². The zero-order valence-corrected chi connectivity index (χ0v) is 28.1. The van der Waals surface area contributed by atoms with E-state index in [4.69, 9.17) is 18.6 Å². The predicted molar refractivity (Wildman–Crippen MR) is 178 cm³/mol. The van der Waals surface area contributed by atoms with Gasteiger partial charge in [0.15, 0.2) is 6.79 Å². The van der Waals surface area contributed by atoms with Crippen LogP contribution in [0.2, 0.25) is 5.04 Å². The van der Waals surface area contributed by atoms with E-state index in [0.717, 1.165) is 20.1 Å². The molecule has 7 heteroatoms. The predicted octanol–water partition coefficient (Wildman–Crippen LogP) is 8.41. The molecular weight excluding hydrogens is 660 g/mol. The minimum absolute atomic E-state index is 0.129. The quantitative estimate of drug-likeness (QED) is 0.110. The molecule has 0 amide bonds. The van der Waals surface area contributed by atoms with Crippen LogP contribution in [0.1, 0.15) is 37.5 Å². The fourth-order valence-corrected chi connectivity index (χ4v) is 10.0. The van der Waals surface area contributed by atoms with Crippen LogP contribution < -0.4 is 19.8 Å². The van der Waals surface area contributed by atoms with Crippen LogP contribution in [0, 0.1) is 0 Å². The molecule has 4 nitrogen and oxygen atoms in total. The lowest BCUT2D eigenvalue weighted by Gasteiger charge is -2.43. The van der Waals surface area contributed by atoms with Gasteiger partial charge in [0, 0.05) is 18.7 Å². The Bertz CT molecular complexity index is 1380. The fraction of sp³-hybridized carbons (Fsp3) is 0.235. The third-order valence-electron chi connectivity index (χ3n) is 6.90. The highest BCUT2D eigenvalue weighted by atomic mass is 79.9. The Morgan fingerprint density at radius 3 is 1.83 bits per heavy atom. The van der Waals surface area contributed by atoms with Gasteiger partial charge in [0.05, 0.1) is 10.00 Å². The van der Waals surface area contributed by atoms with E-state index >= 15 is 0 Å². The van der Waals surface area contributed by atoms with E-state index in [0.29, 0.717) is 24.7 Å². The van der Waals surface area contributed by atoms with Gasteiger partial charge >= 0.3 is 0 Å². The zero-order valence-electron chi connectivity index (χ0n) is 23.9. The van der Waals surface area contributed by atoms with Crippen LogP contribution in [0.4, 0.5) is 0 Å². The van der Waals surface area contributed by atoms with Crippen molar-refractivity contribution in [3.8, 4) is 11.5 Å². The highest BCUT2D eigenvalue weighted by molar-refractivity contribution is 9.28. The summed E-state index contributed by atoms with van der Waals surface area (Å²) >= 11 is 7.14. The number of hydrogen-bond acceptors (Lipinski definition) is 4. The number of benzene rings is 4. The van der Waals surface area contributed by atoms with Crippen molar-refractivity contribution in [3.63, 3.8) is 0 Å². The second-order valence-electron chi connectivity index (χ2n) is 10.7. The molecule has 0 aliphatic rings. The summed E-state index contributed by atoms with van der Waals surface area (Å²) in [5.41, 5.74) is 2.94. The molecule has 0 aliphatic heterocycles. The molecule has 0 unspecified atom stereocenters. The van der Waals surface area contributed by atoms with Crippen LogP contribution in [0.15, 0.2) is 107 Å². The van der Waals surface area contributed by atoms with Crippen LogP contribution >= 0.6 is 31.9 Å². The summed E-state index contributed by atoms with van der Waals surface area (Å²) in [4.78, 5) is 0. The second kappa shape index (κ2) is 14.5. The SMILES string of the molecule is COCOc1cc(CO[Si](c2ccccc2)(c2ccccc2)C(C)(C)C)c(C=C(Br)Br)c(OCc2ccccc2)c1. The van der Waals surface area contributed by atoms with Crippen LogP contribution in [0.25, 0.3) is 6.08 Å². The highest BCUT2D eigenvalue weighted by Gasteiger charge is 2.50. The van der Waals surface area contributed by atoms with Gasteiger partial charge in [-0.05, 0) is 70.5 Å². The summed E-state index contributed by atoms with van der Waals surface area (Å²) in [6.45, 7) is 7.75. The van der Waals surface area contributed by atoms with Gasteiger partial charge in [0.25, 0.3) is 8.32 Å². The number of halogens is 2. The van der Waals surface area contributed by atoms with Crippen LogP contribution in [0.3, 0.4) is 0 Å². The van der Waals surface area contributed by atoms with E-state index in [1.165, 1.54) is 10.4 Å². The summed E-state index contributed by atoms with van der Waals surface area (Å²) in [5.74, 6) is 1.35. The van der Waals surface area contributed by atoms with E-state index in [9.17, 15) is 0 Å². The molecule has 0 radical (unpaired) electrons. The normalized spacial score (nSPS) is 11.7. The maximum Gasteiger partial charge on any atom is 0.261 e. The lowest BCUT2D eigenvalue weighted by Crippen LogP contribution is -2.66. The Balaban J connectivity index is 1.83. The van der Waals surface area contributed by atoms with Gasteiger partial charge < -0.3 is 18.6 Å². The summed E-state index contributed by atoms with van der Waals surface area (Å²) in [6.07, 6.45) is 2.00. The third kappa shape index (κ3) is 7.79. The fourth-order valence-electron chi connectivity index (χ4n) is 5.06. The average molecular weight is 697 g/mol. The lowest BCUT2D eigenvalue weighted by atomic mass is 10.1. The largest absolute Gasteiger partial charge is 0.488 e. The molecule has 0 fully saturated rings. The number of ether oxygens (including phenoxy) is 3. The third-order valence-corrected chi connectivity index (χ3v) is 12.3. The van der Waals surface area contributed by atoms with Crippen molar-refractivity contribution in [3.05, 3.63) is 123 Å². The highest BCUT2D eigenvalue weighted by Crippen LogP contribution is 2.39. The van der Waals surface area contributed by atoms with Gasteiger partial charge in [-0.2, -0.15) is 0 Å². The van der Waals surface area contributed by atoms with Crippen molar-refractivity contribution < 1.29 is 18.6 Å². The lowest BCUT2D eigenvalue weighted by molar-refractivity contribution is 0.0508. The average Bonchev–Trinajstić information content (AvgIpc) is 2.97. The first-order chi connectivity index (χ1) is 19.7. The number of methoxy groups -OCH3 is 1. The number of rotatable bonds is 12. The van der Waals surface area contributed by atoms with Crippen LogP contribution in [-0.4, -0.2) is 22.2 Å². The molecule has 214 valence electrons. The minimum Gasteiger partial charge on any atom is -0.488 e. The molecule has 0 saturated heterocycles. The first-order valence-electron chi connectivity index (χ1n) is 13.5. The van der Waals surface area contributed by atoms with Gasteiger partial charge in [-0.1, -0.05) is 112 Å². The minimum atomic E-state index is -2.78. The number of hydrogen-bond donors (Lipinski definition) is 0. The van der Waals surface area contributed by atoms with E-state index in [-0.39, 0.29) is 11.8 Å². The summed E-state index contributed by atoms with van der Waals surface area (Å²) in [7, 11) is -1.17. The van der Waals surface area contributed by atoms with Crippen molar-refractivity contribution in [2.24, 2.45) is 0 Å². The van der Waals surface area contributed by atoms with Crippen LogP contribution in [0.5, 0.6) is 11.5 Å². The molecule has 41 heavy (non-hydrogen) atoms. The molecule has 0 aromatic heterocycles. The first kappa shape index (κ1) is 31.3. The van der Waals surface area contributed by atoms with E-state index in [1.807, 2.05) is 48.5 Å². The van der Waals surface area contributed by atoms with Crippen molar-refractivity contribution in [1.82, 2.24) is 0 Å². The Kier molecular flexibility index (Phi) is 11.0. The Morgan fingerprint density at radius 1 is 0.756 bits per heavy atom. The Labute approximate surface area is 261 Å². The van der Waals surface area contributed by atoms with Crippen molar-refractivity contribution in [1.29, 1.82) is 0 Å². The monoisotopic (exact) mass is 694 g/mol. The maximum atomic E-state index is 7.29. The first-order valence-corrected chi connectivity index (χ1v) is 17.0. The molecule has 4 rings (SSSR count). The molecule has 0 spiro atoms. The van der Waals surface area contributed by atoms with Crippen molar-refractivity contribution >= 4 is 56.6 Å². The molecule has 0 bridgehead atoms. The van der Waals surface area contributed by atoms with Gasteiger partial charge in [0.2, 0.25) is 0 Å².